The largest absolute Gasteiger partial charge is 0.484 e. The number of hydrogen-bond acceptors (Lipinski definition) is 3. The van der Waals surface area contributed by atoms with Gasteiger partial charge in [0.2, 0.25) is 0 Å². The second-order valence-electron chi connectivity index (χ2n) is 4.07. The van der Waals surface area contributed by atoms with Crippen LogP contribution in [0.2, 0.25) is 10.0 Å². The Hall–Kier alpha value is -1.16. The molecule has 2 rings (SSSR count). The fourth-order valence-electron chi connectivity index (χ4n) is 1.61. The maximum atomic E-state index is 6.02. The van der Waals surface area contributed by atoms with Crippen molar-refractivity contribution in [3.63, 3.8) is 0 Å². The van der Waals surface area contributed by atoms with E-state index >= 15 is 0 Å². The molecule has 19 heavy (non-hydrogen) atoms. The zero-order valence-corrected chi connectivity index (χ0v) is 12.1. The van der Waals surface area contributed by atoms with Gasteiger partial charge in [-0.05, 0) is 30.8 Å². The summed E-state index contributed by atoms with van der Waals surface area (Å²) in [5, 5.41) is 4.31. The zero-order chi connectivity index (χ0) is 13.7. The Labute approximate surface area is 122 Å². The van der Waals surface area contributed by atoms with Crippen LogP contribution in [0.1, 0.15) is 18.2 Å². The van der Waals surface area contributed by atoms with Crippen molar-refractivity contribution in [2.45, 2.75) is 20.1 Å². The Kier molecular flexibility index (Phi) is 5.14. The van der Waals surface area contributed by atoms with Gasteiger partial charge < -0.3 is 14.5 Å². The number of nitrogens with one attached hydrogen (secondary N) is 1. The Morgan fingerprint density at radius 3 is 2.84 bits per heavy atom. The van der Waals surface area contributed by atoms with Crippen LogP contribution in [-0.2, 0) is 13.2 Å². The van der Waals surface area contributed by atoms with Gasteiger partial charge in [-0.3, -0.25) is 0 Å². The number of ether oxygens (including phenoxy) is 1. The maximum Gasteiger partial charge on any atom is 0.146 e. The van der Waals surface area contributed by atoms with Crippen molar-refractivity contribution in [2.24, 2.45) is 0 Å². The molecule has 0 fully saturated rings. The van der Waals surface area contributed by atoms with E-state index in [2.05, 4.69) is 12.2 Å². The highest BCUT2D eigenvalue weighted by molar-refractivity contribution is 6.35. The molecule has 2 aromatic rings. The summed E-state index contributed by atoms with van der Waals surface area (Å²) in [6.07, 6.45) is 1.73. The SMILES string of the molecule is CCNCc1coc(COc2ccc(Cl)cc2Cl)c1. The fourth-order valence-corrected chi connectivity index (χ4v) is 2.07. The third kappa shape index (κ3) is 4.16. The van der Waals surface area contributed by atoms with Crippen LogP contribution < -0.4 is 10.1 Å². The van der Waals surface area contributed by atoms with E-state index in [1.54, 1.807) is 24.5 Å². The summed E-state index contributed by atoms with van der Waals surface area (Å²) in [4.78, 5) is 0. The third-order valence-corrected chi connectivity index (χ3v) is 3.08. The van der Waals surface area contributed by atoms with Gasteiger partial charge >= 0.3 is 0 Å². The van der Waals surface area contributed by atoms with Gasteiger partial charge in [0.25, 0.3) is 0 Å². The van der Waals surface area contributed by atoms with Gasteiger partial charge in [0.15, 0.2) is 0 Å². The Morgan fingerprint density at radius 1 is 1.26 bits per heavy atom. The summed E-state index contributed by atoms with van der Waals surface area (Å²) < 4.78 is 11.0. The minimum absolute atomic E-state index is 0.341. The molecule has 1 heterocycles. The van der Waals surface area contributed by atoms with Crippen molar-refractivity contribution in [1.82, 2.24) is 5.32 Å². The minimum Gasteiger partial charge on any atom is -0.484 e. The van der Waals surface area contributed by atoms with E-state index in [1.807, 2.05) is 6.07 Å². The van der Waals surface area contributed by atoms with E-state index in [0.717, 1.165) is 24.4 Å². The van der Waals surface area contributed by atoms with E-state index in [4.69, 9.17) is 32.4 Å². The summed E-state index contributed by atoms with van der Waals surface area (Å²) in [6.45, 7) is 4.12. The van der Waals surface area contributed by atoms with E-state index in [1.165, 1.54) is 0 Å². The molecule has 0 aliphatic rings. The van der Waals surface area contributed by atoms with Crippen molar-refractivity contribution in [3.8, 4) is 5.75 Å². The molecular formula is C14H15Cl2NO2. The summed E-state index contributed by atoms with van der Waals surface area (Å²) >= 11 is 11.8. The quantitative estimate of drug-likeness (QED) is 0.865. The van der Waals surface area contributed by atoms with Gasteiger partial charge in [0, 0.05) is 17.1 Å². The van der Waals surface area contributed by atoms with Gasteiger partial charge in [0.05, 0.1) is 11.3 Å². The number of halogens is 2. The van der Waals surface area contributed by atoms with E-state index in [0.29, 0.717) is 22.4 Å². The van der Waals surface area contributed by atoms with Crippen LogP contribution in [-0.4, -0.2) is 6.54 Å². The predicted octanol–water partition coefficient (Wildman–Crippen LogP) is 4.27. The van der Waals surface area contributed by atoms with Crippen molar-refractivity contribution in [2.75, 3.05) is 6.54 Å². The second-order valence-corrected chi connectivity index (χ2v) is 4.91. The smallest absolute Gasteiger partial charge is 0.146 e. The van der Waals surface area contributed by atoms with E-state index < -0.39 is 0 Å². The molecule has 0 bridgehead atoms. The Morgan fingerprint density at radius 2 is 2.11 bits per heavy atom. The minimum atomic E-state index is 0.341. The highest BCUT2D eigenvalue weighted by atomic mass is 35.5. The number of rotatable bonds is 6. The molecular weight excluding hydrogens is 285 g/mol. The molecule has 1 aromatic carbocycles. The van der Waals surface area contributed by atoms with Crippen molar-refractivity contribution in [3.05, 3.63) is 51.9 Å². The highest BCUT2D eigenvalue weighted by Crippen LogP contribution is 2.28. The van der Waals surface area contributed by atoms with Crippen LogP contribution in [0.3, 0.4) is 0 Å². The molecule has 0 unspecified atom stereocenters. The molecule has 0 saturated heterocycles. The molecule has 0 saturated carbocycles. The summed E-state index contributed by atoms with van der Waals surface area (Å²) in [5.74, 6) is 1.36. The lowest BCUT2D eigenvalue weighted by molar-refractivity contribution is 0.270. The lowest BCUT2D eigenvalue weighted by Crippen LogP contribution is -2.10. The molecule has 0 spiro atoms. The first kappa shape index (κ1) is 14.3. The first-order chi connectivity index (χ1) is 9.19. The van der Waals surface area contributed by atoms with Crippen molar-refractivity contribution >= 4 is 23.2 Å². The van der Waals surface area contributed by atoms with Crippen LogP contribution in [0, 0.1) is 0 Å². The average Bonchev–Trinajstić information content (AvgIpc) is 2.83. The molecule has 0 atom stereocenters. The molecule has 1 aromatic heterocycles. The molecule has 0 aliphatic carbocycles. The number of furan rings is 1. The van der Waals surface area contributed by atoms with Crippen LogP contribution in [0.5, 0.6) is 5.75 Å². The van der Waals surface area contributed by atoms with Gasteiger partial charge in [0.1, 0.15) is 18.1 Å². The average molecular weight is 300 g/mol. The normalized spacial score (nSPS) is 10.7. The fraction of sp³-hybridized carbons (Fsp3) is 0.286. The summed E-state index contributed by atoms with van der Waals surface area (Å²) in [7, 11) is 0. The van der Waals surface area contributed by atoms with Crippen LogP contribution in [0.25, 0.3) is 0 Å². The predicted molar refractivity (Wildman–Crippen MR) is 76.9 cm³/mol. The monoisotopic (exact) mass is 299 g/mol. The molecule has 3 nitrogen and oxygen atoms in total. The molecule has 102 valence electrons. The molecule has 5 heteroatoms. The van der Waals surface area contributed by atoms with Gasteiger partial charge in [-0.15, -0.1) is 0 Å². The highest BCUT2D eigenvalue weighted by Gasteiger charge is 2.05. The number of benzene rings is 1. The van der Waals surface area contributed by atoms with Crippen molar-refractivity contribution < 1.29 is 9.15 Å². The lowest BCUT2D eigenvalue weighted by Gasteiger charge is -2.06. The Balaban J connectivity index is 1.92. The van der Waals surface area contributed by atoms with Gasteiger partial charge in [-0.2, -0.15) is 0 Å². The van der Waals surface area contributed by atoms with Crippen LogP contribution in [0.15, 0.2) is 34.9 Å². The van der Waals surface area contributed by atoms with Gasteiger partial charge in [-0.25, -0.2) is 0 Å². The van der Waals surface area contributed by atoms with E-state index in [9.17, 15) is 0 Å². The molecule has 0 amide bonds. The number of hydrogen-bond donors (Lipinski definition) is 1. The molecule has 0 radical (unpaired) electrons. The van der Waals surface area contributed by atoms with Crippen LogP contribution in [0.4, 0.5) is 0 Å². The van der Waals surface area contributed by atoms with Crippen LogP contribution >= 0.6 is 23.2 Å². The van der Waals surface area contributed by atoms with E-state index in [-0.39, 0.29) is 0 Å². The standard InChI is InChI=1S/C14H15Cl2NO2/c1-2-17-7-10-5-12(18-8-10)9-19-14-4-3-11(15)6-13(14)16/h3-6,8,17H,2,7,9H2,1H3. The third-order valence-electron chi connectivity index (χ3n) is 2.55. The molecule has 0 aliphatic heterocycles. The maximum absolute atomic E-state index is 6.02. The van der Waals surface area contributed by atoms with Crippen molar-refractivity contribution in [1.29, 1.82) is 0 Å². The summed E-state index contributed by atoms with van der Waals surface area (Å²) in [5.41, 5.74) is 1.10. The molecule has 1 N–H and O–H groups in total. The second kappa shape index (κ2) is 6.85. The lowest BCUT2D eigenvalue weighted by atomic mass is 10.3. The van der Waals surface area contributed by atoms with Gasteiger partial charge in [-0.1, -0.05) is 30.1 Å². The first-order valence-electron chi connectivity index (χ1n) is 6.04. The summed E-state index contributed by atoms with van der Waals surface area (Å²) in [6, 6.07) is 7.10. The Bertz CT molecular complexity index is 540. The topological polar surface area (TPSA) is 34.4 Å². The first-order valence-corrected chi connectivity index (χ1v) is 6.79. The zero-order valence-electron chi connectivity index (χ0n) is 10.6.